The van der Waals surface area contributed by atoms with Crippen molar-refractivity contribution in [3.63, 3.8) is 0 Å². The Labute approximate surface area is 191 Å². The van der Waals surface area contributed by atoms with Gasteiger partial charge in [-0.2, -0.15) is 0 Å². The Balaban J connectivity index is 1.38. The third kappa shape index (κ3) is 4.66. The molecule has 0 bridgehead atoms. The first kappa shape index (κ1) is 21.9. The van der Waals surface area contributed by atoms with Crippen LogP contribution in [-0.2, 0) is 10.0 Å². The molecular formula is C21H21Cl2N3O4S. The number of carbonyl (C=O) groups is 2. The van der Waals surface area contributed by atoms with Crippen molar-refractivity contribution in [2.45, 2.75) is 6.42 Å². The SMILES string of the molecule is O=C(c1ccc(N2CCCS2(=O)=O)cc1)N1CCN(C(=O)c2cc(Cl)cc(Cl)c2)CC1. The summed E-state index contributed by atoms with van der Waals surface area (Å²) in [7, 11) is -3.25. The molecule has 0 unspecified atom stereocenters. The molecule has 2 fully saturated rings. The highest BCUT2D eigenvalue weighted by atomic mass is 35.5. The zero-order valence-corrected chi connectivity index (χ0v) is 19.0. The van der Waals surface area contributed by atoms with E-state index >= 15 is 0 Å². The molecule has 0 aliphatic carbocycles. The number of amides is 2. The second kappa shape index (κ2) is 8.68. The van der Waals surface area contributed by atoms with Crippen molar-refractivity contribution < 1.29 is 18.0 Å². The number of hydrogen-bond acceptors (Lipinski definition) is 4. The van der Waals surface area contributed by atoms with Crippen LogP contribution in [0.3, 0.4) is 0 Å². The lowest BCUT2D eigenvalue weighted by molar-refractivity contribution is 0.0535. The number of halogens is 2. The van der Waals surface area contributed by atoms with Gasteiger partial charge in [0.25, 0.3) is 11.8 Å². The van der Waals surface area contributed by atoms with E-state index in [4.69, 9.17) is 23.2 Å². The Morgan fingerprint density at radius 3 is 1.74 bits per heavy atom. The molecule has 2 aliphatic rings. The molecule has 2 aromatic carbocycles. The second-order valence-electron chi connectivity index (χ2n) is 7.53. The Morgan fingerprint density at radius 2 is 1.26 bits per heavy atom. The van der Waals surface area contributed by atoms with Crippen LogP contribution < -0.4 is 4.31 Å². The van der Waals surface area contributed by atoms with Gasteiger partial charge in [-0.25, -0.2) is 8.42 Å². The van der Waals surface area contributed by atoms with E-state index in [1.807, 2.05) is 0 Å². The third-order valence-corrected chi connectivity index (χ3v) is 7.77. The zero-order valence-electron chi connectivity index (χ0n) is 16.6. The summed E-state index contributed by atoms with van der Waals surface area (Å²) in [6.07, 6.45) is 0.605. The van der Waals surface area contributed by atoms with Gasteiger partial charge in [0.2, 0.25) is 10.0 Å². The number of sulfonamides is 1. The minimum absolute atomic E-state index is 0.145. The summed E-state index contributed by atoms with van der Waals surface area (Å²) >= 11 is 12.0. The van der Waals surface area contributed by atoms with Crippen molar-refractivity contribution in [1.82, 2.24) is 9.80 Å². The fraction of sp³-hybridized carbons (Fsp3) is 0.333. The van der Waals surface area contributed by atoms with Crippen LogP contribution in [-0.4, -0.2) is 68.5 Å². The molecule has 2 aliphatic heterocycles. The van der Waals surface area contributed by atoms with Gasteiger partial charge >= 0.3 is 0 Å². The van der Waals surface area contributed by atoms with Gasteiger partial charge in [0.1, 0.15) is 0 Å². The molecule has 0 N–H and O–H groups in total. The number of carbonyl (C=O) groups excluding carboxylic acids is 2. The highest BCUT2D eigenvalue weighted by Gasteiger charge is 2.29. The van der Waals surface area contributed by atoms with Crippen LogP contribution in [0.5, 0.6) is 0 Å². The lowest BCUT2D eigenvalue weighted by Crippen LogP contribution is -2.50. The topological polar surface area (TPSA) is 78.0 Å². The van der Waals surface area contributed by atoms with Gasteiger partial charge in [-0.1, -0.05) is 23.2 Å². The van der Waals surface area contributed by atoms with E-state index in [1.54, 1.807) is 52.3 Å². The Morgan fingerprint density at radius 1 is 0.742 bits per heavy atom. The molecule has 2 heterocycles. The van der Waals surface area contributed by atoms with Gasteiger partial charge in [0, 0.05) is 53.9 Å². The van der Waals surface area contributed by atoms with Gasteiger partial charge < -0.3 is 9.80 Å². The Kier molecular flexibility index (Phi) is 6.14. The largest absolute Gasteiger partial charge is 0.335 e. The average molecular weight is 482 g/mol. The van der Waals surface area contributed by atoms with Gasteiger partial charge in [-0.05, 0) is 48.9 Å². The molecule has 0 radical (unpaired) electrons. The third-order valence-electron chi connectivity index (χ3n) is 5.47. The van der Waals surface area contributed by atoms with Crippen molar-refractivity contribution in [2.24, 2.45) is 0 Å². The monoisotopic (exact) mass is 481 g/mol. The standard InChI is InChI=1S/C21H21Cl2N3O4S/c22-17-12-16(13-18(23)14-17)21(28)25-9-7-24(8-10-25)20(27)15-2-4-19(5-3-15)26-6-1-11-31(26,29)30/h2-5,12-14H,1,6-11H2. The van der Waals surface area contributed by atoms with Crippen LogP contribution in [0.25, 0.3) is 0 Å². The van der Waals surface area contributed by atoms with Crippen molar-refractivity contribution >= 4 is 50.7 Å². The van der Waals surface area contributed by atoms with E-state index in [-0.39, 0.29) is 17.6 Å². The van der Waals surface area contributed by atoms with Crippen LogP contribution in [0.1, 0.15) is 27.1 Å². The van der Waals surface area contributed by atoms with E-state index < -0.39 is 10.0 Å². The maximum Gasteiger partial charge on any atom is 0.254 e. The van der Waals surface area contributed by atoms with E-state index in [2.05, 4.69) is 0 Å². The van der Waals surface area contributed by atoms with E-state index in [0.717, 1.165) is 0 Å². The Bertz CT molecular complexity index is 1090. The second-order valence-corrected chi connectivity index (χ2v) is 10.4. The molecule has 0 aromatic heterocycles. The molecule has 7 nitrogen and oxygen atoms in total. The number of benzene rings is 2. The molecule has 2 amide bonds. The van der Waals surface area contributed by atoms with Crippen LogP contribution in [0.15, 0.2) is 42.5 Å². The number of hydrogen-bond donors (Lipinski definition) is 0. The van der Waals surface area contributed by atoms with Gasteiger partial charge in [-0.3, -0.25) is 13.9 Å². The molecule has 0 saturated carbocycles. The van der Waals surface area contributed by atoms with Crippen molar-refractivity contribution in [2.75, 3.05) is 42.8 Å². The lowest BCUT2D eigenvalue weighted by atomic mass is 10.1. The predicted molar refractivity (Wildman–Crippen MR) is 120 cm³/mol. The molecule has 0 atom stereocenters. The van der Waals surface area contributed by atoms with Gasteiger partial charge in [0.15, 0.2) is 0 Å². The summed E-state index contributed by atoms with van der Waals surface area (Å²) in [5, 5.41) is 0.796. The molecule has 4 rings (SSSR count). The fourth-order valence-electron chi connectivity index (χ4n) is 3.85. The number of anilines is 1. The maximum absolute atomic E-state index is 12.9. The quantitative estimate of drug-likeness (QED) is 0.674. The minimum Gasteiger partial charge on any atom is -0.335 e. The summed E-state index contributed by atoms with van der Waals surface area (Å²) in [6, 6.07) is 11.4. The summed E-state index contributed by atoms with van der Waals surface area (Å²) < 4.78 is 25.5. The zero-order chi connectivity index (χ0) is 22.2. The molecule has 2 saturated heterocycles. The lowest BCUT2D eigenvalue weighted by Gasteiger charge is -2.35. The van der Waals surface area contributed by atoms with Gasteiger partial charge in [0.05, 0.1) is 11.4 Å². The van der Waals surface area contributed by atoms with Gasteiger partial charge in [-0.15, -0.1) is 0 Å². The van der Waals surface area contributed by atoms with Crippen LogP contribution >= 0.6 is 23.2 Å². The number of piperazine rings is 1. The smallest absolute Gasteiger partial charge is 0.254 e. The highest BCUT2D eigenvalue weighted by Crippen LogP contribution is 2.25. The van der Waals surface area contributed by atoms with Crippen LogP contribution in [0, 0.1) is 0 Å². The first-order valence-electron chi connectivity index (χ1n) is 9.90. The molecule has 10 heteroatoms. The molecule has 164 valence electrons. The number of nitrogens with zero attached hydrogens (tertiary/aromatic N) is 3. The molecule has 31 heavy (non-hydrogen) atoms. The molecule has 2 aromatic rings. The highest BCUT2D eigenvalue weighted by molar-refractivity contribution is 7.93. The van der Waals surface area contributed by atoms with Crippen molar-refractivity contribution in [3.05, 3.63) is 63.6 Å². The minimum atomic E-state index is -3.25. The van der Waals surface area contributed by atoms with Crippen LogP contribution in [0.2, 0.25) is 10.0 Å². The average Bonchev–Trinajstić information content (AvgIpc) is 3.11. The summed E-state index contributed by atoms with van der Waals surface area (Å²) in [4.78, 5) is 28.9. The fourth-order valence-corrected chi connectivity index (χ4v) is 5.95. The maximum atomic E-state index is 12.9. The van der Waals surface area contributed by atoms with Crippen LogP contribution in [0.4, 0.5) is 5.69 Å². The number of rotatable bonds is 3. The normalized spacial score (nSPS) is 18.3. The first-order valence-corrected chi connectivity index (χ1v) is 12.3. The van der Waals surface area contributed by atoms with Crippen molar-refractivity contribution in [3.8, 4) is 0 Å². The first-order chi connectivity index (χ1) is 14.7. The van der Waals surface area contributed by atoms with E-state index in [0.29, 0.717) is 66.0 Å². The predicted octanol–water partition coefficient (Wildman–Crippen LogP) is 3.13. The van der Waals surface area contributed by atoms with E-state index in [9.17, 15) is 18.0 Å². The molecule has 0 spiro atoms. The Hall–Kier alpha value is -2.29. The summed E-state index contributed by atoms with van der Waals surface area (Å²) in [5.74, 6) is -0.167. The van der Waals surface area contributed by atoms with Crippen molar-refractivity contribution in [1.29, 1.82) is 0 Å². The molecular weight excluding hydrogens is 461 g/mol. The summed E-state index contributed by atoms with van der Waals surface area (Å²) in [5.41, 5.74) is 1.48. The summed E-state index contributed by atoms with van der Waals surface area (Å²) in [6.45, 7) is 2.07. The van der Waals surface area contributed by atoms with E-state index in [1.165, 1.54) is 4.31 Å².